The van der Waals surface area contributed by atoms with Gasteiger partial charge in [-0.15, -0.1) is 0 Å². The number of aromatic carboxylic acids is 1. The van der Waals surface area contributed by atoms with Crippen molar-refractivity contribution >= 4 is 11.8 Å². The molecule has 0 spiro atoms. The molecule has 1 aromatic carbocycles. The third kappa shape index (κ3) is 1.84. The van der Waals surface area contributed by atoms with Gasteiger partial charge < -0.3 is 10.8 Å². The lowest BCUT2D eigenvalue weighted by Gasteiger charge is -2.09. The molecule has 2 rings (SSSR count). The van der Waals surface area contributed by atoms with Gasteiger partial charge in [0.25, 0.3) is 0 Å². The fourth-order valence-electron chi connectivity index (χ4n) is 2.03. The van der Waals surface area contributed by atoms with Crippen LogP contribution in [0.15, 0.2) is 18.3 Å². The number of hydrogen-bond donors (Lipinski definition) is 2. The van der Waals surface area contributed by atoms with E-state index >= 15 is 0 Å². The first-order valence-corrected chi connectivity index (χ1v) is 5.54. The standard InChI is InChI=1S/C13H15N3O2/c1-7-4-8(2)10(13(17)18)5-9(7)11-6-15-16(3)12(11)14/h4-6H,14H2,1-3H3,(H,17,18). The van der Waals surface area contributed by atoms with Crippen LogP contribution in [0.4, 0.5) is 5.82 Å². The number of aromatic nitrogens is 2. The molecule has 94 valence electrons. The van der Waals surface area contributed by atoms with E-state index in [0.717, 1.165) is 22.3 Å². The van der Waals surface area contributed by atoms with Crippen LogP contribution in [0.2, 0.25) is 0 Å². The molecule has 0 atom stereocenters. The molecule has 1 aromatic heterocycles. The van der Waals surface area contributed by atoms with Crippen LogP contribution < -0.4 is 5.73 Å². The molecule has 0 unspecified atom stereocenters. The number of aryl methyl sites for hydroxylation is 3. The Morgan fingerprint density at radius 1 is 1.28 bits per heavy atom. The van der Waals surface area contributed by atoms with Crippen molar-refractivity contribution in [1.29, 1.82) is 0 Å². The molecule has 5 heteroatoms. The van der Waals surface area contributed by atoms with Gasteiger partial charge in [-0.1, -0.05) is 6.07 Å². The van der Waals surface area contributed by atoms with Gasteiger partial charge >= 0.3 is 5.97 Å². The Morgan fingerprint density at radius 2 is 1.94 bits per heavy atom. The average Bonchev–Trinajstić information content (AvgIpc) is 2.60. The predicted octanol–water partition coefficient (Wildman–Crippen LogP) is 1.98. The Hall–Kier alpha value is -2.30. The average molecular weight is 245 g/mol. The summed E-state index contributed by atoms with van der Waals surface area (Å²) in [6, 6.07) is 3.51. The van der Waals surface area contributed by atoms with Gasteiger partial charge in [0.2, 0.25) is 0 Å². The second kappa shape index (κ2) is 4.18. The van der Waals surface area contributed by atoms with Crippen LogP contribution in [-0.4, -0.2) is 20.9 Å². The SMILES string of the molecule is Cc1cc(C)c(-c2cnn(C)c2N)cc1C(=O)O. The van der Waals surface area contributed by atoms with E-state index < -0.39 is 5.97 Å². The topological polar surface area (TPSA) is 81.1 Å². The molecule has 1 heterocycles. The maximum Gasteiger partial charge on any atom is 0.335 e. The molecule has 0 aliphatic heterocycles. The monoisotopic (exact) mass is 245 g/mol. The van der Waals surface area contributed by atoms with E-state index in [-0.39, 0.29) is 0 Å². The van der Waals surface area contributed by atoms with E-state index in [9.17, 15) is 4.79 Å². The van der Waals surface area contributed by atoms with E-state index in [0.29, 0.717) is 11.4 Å². The summed E-state index contributed by atoms with van der Waals surface area (Å²) in [5.74, 6) is -0.408. The lowest BCUT2D eigenvalue weighted by Crippen LogP contribution is -2.02. The summed E-state index contributed by atoms with van der Waals surface area (Å²) < 4.78 is 1.56. The number of anilines is 1. The van der Waals surface area contributed by atoms with Gasteiger partial charge in [0.05, 0.1) is 11.8 Å². The van der Waals surface area contributed by atoms with Crippen molar-refractivity contribution in [2.75, 3.05) is 5.73 Å². The highest BCUT2D eigenvalue weighted by molar-refractivity contribution is 5.92. The zero-order valence-electron chi connectivity index (χ0n) is 10.6. The Balaban J connectivity index is 2.68. The highest BCUT2D eigenvalue weighted by Gasteiger charge is 2.15. The van der Waals surface area contributed by atoms with Crippen LogP contribution in [0, 0.1) is 13.8 Å². The summed E-state index contributed by atoms with van der Waals surface area (Å²) in [5, 5.41) is 13.2. The van der Waals surface area contributed by atoms with Crippen LogP contribution in [-0.2, 0) is 7.05 Å². The van der Waals surface area contributed by atoms with Crippen LogP contribution in [0.3, 0.4) is 0 Å². The highest BCUT2D eigenvalue weighted by Crippen LogP contribution is 2.30. The van der Waals surface area contributed by atoms with Crippen molar-refractivity contribution in [3.05, 3.63) is 35.0 Å². The van der Waals surface area contributed by atoms with E-state index in [4.69, 9.17) is 10.8 Å². The molecule has 0 aliphatic rings. The van der Waals surface area contributed by atoms with Gasteiger partial charge in [0.15, 0.2) is 0 Å². The summed E-state index contributed by atoms with van der Waals surface area (Å²) in [4.78, 5) is 11.2. The van der Waals surface area contributed by atoms with Gasteiger partial charge in [-0.2, -0.15) is 5.10 Å². The van der Waals surface area contributed by atoms with Crippen molar-refractivity contribution in [2.24, 2.45) is 7.05 Å². The van der Waals surface area contributed by atoms with Crippen LogP contribution >= 0.6 is 0 Å². The van der Waals surface area contributed by atoms with E-state index in [1.54, 1.807) is 30.9 Å². The molecule has 0 saturated heterocycles. The maximum absolute atomic E-state index is 11.2. The molecule has 5 nitrogen and oxygen atoms in total. The minimum absolute atomic E-state index is 0.291. The van der Waals surface area contributed by atoms with Gasteiger partial charge in [0.1, 0.15) is 5.82 Å². The molecule has 2 aromatic rings. The molecular weight excluding hydrogens is 230 g/mol. The van der Waals surface area contributed by atoms with Crippen molar-refractivity contribution in [2.45, 2.75) is 13.8 Å². The zero-order chi connectivity index (χ0) is 13.4. The zero-order valence-corrected chi connectivity index (χ0v) is 10.6. The number of carbonyl (C=O) groups is 1. The van der Waals surface area contributed by atoms with Crippen molar-refractivity contribution < 1.29 is 9.90 Å². The van der Waals surface area contributed by atoms with Gasteiger partial charge in [0, 0.05) is 12.6 Å². The molecule has 0 saturated carbocycles. The Kier molecular flexibility index (Phi) is 2.82. The normalized spacial score (nSPS) is 10.6. The summed E-state index contributed by atoms with van der Waals surface area (Å²) in [6.45, 7) is 3.72. The quantitative estimate of drug-likeness (QED) is 0.847. The number of benzene rings is 1. The summed E-state index contributed by atoms with van der Waals surface area (Å²) in [6.07, 6.45) is 1.65. The number of nitrogens with two attached hydrogens (primary N) is 1. The van der Waals surface area contributed by atoms with Gasteiger partial charge in [-0.3, -0.25) is 4.68 Å². The molecular formula is C13H15N3O2. The first-order chi connectivity index (χ1) is 8.41. The Bertz CT molecular complexity index is 629. The van der Waals surface area contributed by atoms with Crippen LogP contribution in [0.25, 0.3) is 11.1 Å². The number of nitrogen functional groups attached to an aromatic ring is 1. The molecule has 0 amide bonds. The fourth-order valence-corrected chi connectivity index (χ4v) is 2.03. The minimum atomic E-state index is -0.934. The summed E-state index contributed by atoms with van der Waals surface area (Å²) in [7, 11) is 1.75. The minimum Gasteiger partial charge on any atom is -0.478 e. The first-order valence-electron chi connectivity index (χ1n) is 5.54. The second-order valence-corrected chi connectivity index (χ2v) is 4.35. The van der Waals surface area contributed by atoms with E-state index in [1.165, 1.54) is 0 Å². The maximum atomic E-state index is 11.2. The molecule has 0 bridgehead atoms. The third-order valence-corrected chi connectivity index (χ3v) is 3.08. The van der Waals surface area contributed by atoms with E-state index in [2.05, 4.69) is 5.10 Å². The van der Waals surface area contributed by atoms with Crippen molar-refractivity contribution in [1.82, 2.24) is 9.78 Å². The lowest BCUT2D eigenvalue weighted by atomic mass is 9.96. The van der Waals surface area contributed by atoms with Crippen molar-refractivity contribution in [3.8, 4) is 11.1 Å². The lowest BCUT2D eigenvalue weighted by molar-refractivity contribution is 0.0696. The molecule has 0 fully saturated rings. The molecule has 0 aliphatic carbocycles. The smallest absolute Gasteiger partial charge is 0.335 e. The van der Waals surface area contributed by atoms with Crippen LogP contribution in [0.5, 0.6) is 0 Å². The molecule has 0 radical (unpaired) electrons. The number of carboxylic acid groups (broad SMARTS) is 1. The number of carboxylic acids is 1. The highest BCUT2D eigenvalue weighted by atomic mass is 16.4. The van der Waals surface area contributed by atoms with Crippen molar-refractivity contribution in [3.63, 3.8) is 0 Å². The molecule has 18 heavy (non-hydrogen) atoms. The number of nitrogens with zero attached hydrogens (tertiary/aromatic N) is 2. The summed E-state index contributed by atoms with van der Waals surface area (Å²) in [5.41, 5.74) is 9.51. The Labute approximate surface area is 105 Å². The van der Waals surface area contributed by atoms with Crippen LogP contribution in [0.1, 0.15) is 21.5 Å². The fraction of sp³-hybridized carbons (Fsp3) is 0.231. The first kappa shape index (κ1) is 12.2. The summed E-state index contributed by atoms with van der Waals surface area (Å²) >= 11 is 0. The third-order valence-electron chi connectivity index (χ3n) is 3.08. The largest absolute Gasteiger partial charge is 0.478 e. The number of hydrogen-bond acceptors (Lipinski definition) is 3. The van der Waals surface area contributed by atoms with Gasteiger partial charge in [-0.05, 0) is 36.6 Å². The predicted molar refractivity (Wildman–Crippen MR) is 69.5 cm³/mol. The van der Waals surface area contributed by atoms with Gasteiger partial charge in [-0.25, -0.2) is 4.79 Å². The number of rotatable bonds is 2. The second-order valence-electron chi connectivity index (χ2n) is 4.35. The molecule has 3 N–H and O–H groups in total. The van der Waals surface area contributed by atoms with E-state index in [1.807, 2.05) is 13.0 Å². The Morgan fingerprint density at radius 3 is 2.44 bits per heavy atom.